The minimum atomic E-state index is -0.196. The molecule has 0 saturated carbocycles. The molecular formula is C16H11Cl2NO2S. The fourth-order valence-electron chi connectivity index (χ4n) is 2.45. The van der Waals surface area contributed by atoms with Gasteiger partial charge in [0.2, 0.25) is 0 Å². The number of fused-ring (bicyclic) bond motifs is 1. The van der Waals surface area contributed by atoms with E-state index in [0.717, 1.165) is 5.56 Å². The third-order valence-corrected chi connectivity index (χ3v) is 4.43. The monoisotopic (exact) mass is 351 g/mol. The second kappa shape index (κ2) is 5.88. The van der Waals surface area contributed by atoms with Gasteiger partial charge in [-0.3, -0.25) is 9.69 Å². The molecule has 1 aliphatic heterocycles. The van der Waals surface area contributed by atoms with Gasteiger partial charge in [-0.05, 0) is 17.7 Å². The summed E-state index contributed by atoms with van der Waals surface area (Å²) in [6.45, 7) is 0. The average molecular weight is 352 g/mol. The number of thiocarbonyl (C=S) groups is 1. The van der Waals surface area contributed by atoms with Gasteiger partial charge in [-0.25, -0.2) is 0 Å². The molecule has 3 nitrogen and oxygen atoms in total. The number of nitrogens with zero attached hydrogens (tertiary/aromatic N) is 1. The van der Waals surface area contributed by atoms with E-state index < -0.39 is 0 Å². The van der Waals surface area contributed by atoms with Crippen LogP contribution in [-0.4, -0.2) is 18.0 Å². The van der Waals surface area contributed by atoms with E-state index >= 15 is 0 Å². The molecule has 0 unspecified atom stereocenters. The van der Waals surface area contributed by atoms with Crippen LogP contribution in [0.2, 0.25) is 10.0 Å². The molecular weight excluding hydrogens is 341 g/mol. The molecule has 0 aromatic heterocycles. The van der Waals surface area contributed by atoms with Crippen LogP contribution in [0.25, 0.3) is 0 Å². The second-order valence-electron chi connectivity index (χ2n) is 4.81. The molecule has 0 atom stereocenters. The number of halogens is 2. The van der Waals surface area contributed by atoms with Crippen LogP contribution in [0.1, 0.15) is 15.9 Å². The summed E-state index contributed by atoms with van der Waals surface area (Å²) in [4.78, 5) is 14.7. The number of hydrogen-bond acceptors (Lipinski definition) is 3. The Morgan fingerprint density at radius 1 is 1.18 bits per heavy atom. The van der Waals surface area contributed by atoms with Gasteiger partial charge in [0, 0.05) is 18.1 Å². The molecule has 0 aliphatic carbocycles. The molecule has 3 rings (SSSR count). The normalized spacial score (nSPS) is 14.0. The number of carbonyl (C=O) groups excluding carboxylic acids is 1. The molecule has 2 aromatic rings. The van der Waals surface area contributed by atoms with Gasteiger partial charge in [0.15, 0.2) is 0 Å². The lowest BCUT2D eigenvalue weighted by molar-refractivity contribution is 0.0999. The summed E-state index contributed by atoms with van der Waals surface area (Å²) in [6, 6.07) is 10.6. The van der Waals surface area contributed by atoms with Gasteiger partial charge >= 0.3 is 0 Å². The number of ether oxygens (including phenoxy) is 1. The lowest BCUT2D eigenvalue weighted by Crippen LogP contribution is -2.41. The van der Waals surface area contributed by atoms with E-state index in [4.69, 9.17) is 40.2 Å². The highest BCUT2D eigenvalue weighted by Gasteiger charge is 2.31. The summed E-state index contributed by atoms with van der Waals surface area (Å²) in [5.74, 6) is 0.244. The highest BCUT2D eigenvalue weighted by Crippen LogP contribution is 2.38. The van der Waals surface area contributed by atoms with Gasteiger partial charge in [-0.15, -0.1) is 0 Å². The van der Waals surface area contributed by atoms with Crippen molar-refractivity contribution >= 4 is 52.0 Å². The fraction of sp³-hybridized carbons (Fsp3) is 0.125. The van der Waals surface area contributed by atoms with Crippen LogP contribution in [0.15, 0.2) is 36.4 Å². The maximum absolute atomic E-state index is 12.8. The molecule has 1 amide bonds. The third-order valence-electron chi connectivity index (χ3n) is 3.50. The van der Waals surface area contributed by atoms with Crippen LogP contribution in [0, 0.1) is 0 Å². The first-order valence-corrected chi connectivity index (χ1v) is 7.67. The van der Waals surface area contributed by atoms with Crippen LogP contribution in [0.5, 0.6) is 5.75 Å². The zero-order chi connectivity index (χ0) is 15.9. The fourth-order valence-corrected chi connectivity index (χ4v) is 3.33. The lowest BCUT2D eigenvalue weighted by atomic mass is 9.98. The van der Waals surface area contributed by atoms with Gasteiger partial charge in [0.25, 0.3) is 5.91 Å². The largest absolute Gasteiger partial charge is 0.495 e. The quantitative estimate of drug-likeness (QED) is 0.744. The first kappa shape index (κ1) is 15.3. The predicted molar refractivity (Wildman–Crippen MR) is 92.6 cm³/mol. The summed E-state index contributed by atoms with van der Waals surface area (Å²) < 4.78 is 5.20. The van der Waals surface area contributed by atoms with Crippen molar-refractivity contribution in [2.45, 2.75) is 6.42 Å². The van der Waals surface area contributed by atoms with E-state index in [9.17, 15) is 4.79 Å². The molecule has 112 valence electrons. The highest BCUT2D eigenvalue weighted by molar-refractivity contribution is 7.80. The molecule has 6 heteroatoms. The van der Waals surface area contributed by atoms with Crippen molar-refractivity contribution in [3.05, 3.63) is 57.6 Å². The summed E-state index contributed by atoms with van der Waals surface area (Å²) in [5, 5.41) is 0.730. The molecule has 1 aliphatic rings. The van der Waals surface area contributed by atoms with Crippen molar-refractivity contribution in [2.24, 2.45) is 0 Å². The maximum atomic E-state index is 12.8. The van der Waals surface area contributed by atoms with Gasteiger partial charge < -0.3 is 4.74 Å². The molecule has 0 fully saturated rings. The smallest absolute Gasteiger partial charge is 0.263 e. The number of hydrogen-bond donors (Lipinski definition) is 0. The molecule has 0 spiro atoms. The van der Waals surface area contributed by atoms with Crippen molar-refractivity contribution in [2.75, 3.05) is 12.0 Å². The SMILES string of the molecule is COc1cc(N2C(=O)c3ccccc3CC2=S)c(Cl)cc1Cl. The van der Waals surface area contributed by atoms with Crippen LogP contribution >= 0.6 is 35.4 Å². The Balaban J connectivity index is 2.13. The van der Waals surface area contributed by atoms with Crippen molar-refractivity contribution in [3.63, 3.8) is 0 Å². The van der Waals surface area contributed by atoms with E-state index in [0.29, 0.717) is 38.5 Å². The third kappa shape index (κ3) is 2.47. The molecule has 0 saturated heterocycles. The Bertz CT molecular complexity index is 792. The number of rotatable bonds is 2. The van der Waals surface area contributed by atoms with Crippen LogP contribution in [0.4, 0.5) is 5.69 Å². The van der Waals surface area contributed by atoms with Crippen LogP contribution < -0.4 is 9.64 Å². The van der Waals surface area contributed by atoms with Crippen molar-refractivity contribution in [3.8, 4) is 5.75 Å². The second-order valence-corrected chi connectivity index (χ2v) is 6.09. The lowest BCUT2D eigenvalue weighted by Gasteiger charge is -2.30. The zero-order valence-corrected chi connectivity index (χ0v) is 13.9. The Morgan fingerprint density at radius 3 is 2.64 bits per heavy atom. The zero-order valence-electron chi connectivity index (χ0n) is 11.6. The number of benzene rings is 2. The van der Waals surface area contributed by atoms with Gasteiger partial charge in [-0.2, -0.15) is 0 Å². The topological polar surface area (TPSA) is 29.5 Å². The van der Waals surface area contributed by atoms with E-state index in [1.165, 1.54) is 12.0 Å². The van der Waals surface area contributed by atoms with Crippen LogP contribution in [-0.2, 0) is 6.42 Å². The first-order valence-electron chi connectivity index (χ1n) is 6.51. The summed E-state index contributed by atoms with van der Waals surface area (Å²) in [7, 11) is 1.50. The Kier molecular flexibility index (Phi) is 4.08. The number of anilines is 1. The standard InChI is InChI=1S/C16H11Cl2NO2S/c1-21-14-8-13(11(17)7-12(14)18)19-15(22)6-9-4-2-3-5-10(9)16(19)20/h2-5,7-8H,6H2,1H3. The minimum absolute atomic E-state index is 0.196. The molecule has 2 aromatic carbocycles. The first-order chi connectivity index (χ1) is 10.5. The van der Waals surface area contributed by atoms with E-state index in [1.54, 1.807) is 18.2 Å². The molecule has 0 bridgehead atoms. The minimum Gasteiger partial charge on any atom is -0.495 e. The van der Waals surface area contributed by atoms with Crippen molar-refractivity contribution in [1.29, 1.82) is 0 Å². The number of amides is 1. The van der Waals surface area contributed by atoms with Crippen molar-refractivity contribution < 1.29 is 9.53 Å². The molecule has 0 radical (unpaired) electrons. The highest BCUT2D eigenvalue weighted by atomic mass is 35.5. The molecule has 0 N–H and O–H groups in total. The van der Waals surface area contributed by atoms with E-state index in [2.05, 4.69) is 0 Å². The Morgan fingerprint density at radius 2 is 1.91 bits per heavy atom. The number of methoxy groups -OCH3 is 1. The predicted octanol–water partition coefficient (Wildman–Crippen LogP) is 4.53. The van der Waals surface area contributed by atoms with Gasteiger partial charge in [-0.1, -0.05) is 53.6 Å². The Hall–Kier alpha value is -1.62. The summed E-state index contributed by atoms with van der Waals surface area (Å²) in [5.41, 5.74) is 2.03. The summed E-state index contributed by atoms with van der Waals surface area (Å²) in [6.07, 6.45) is 0.512. The maximum Gasteiger partial charge on any atom is 0.263 e. The molecule has 22 heavy (non-hydrogen) atoms. The van der Waals surface area contributed by atoms with Crippen molar-refractivity contribution in [1.82, 2.24) is 0 Å². The van der Waals surface area contributed by atoms with Gasteiger partial charge in [0.05, 0.1) is 27.8 Å². The van der Waals surface area contributed by atoms with Crippen LogP contribution in [0.3, 0.4) is 0 Å². The van der Waals surface area contributed by atoms with E-state index in [-0.39, 0.29) is 5.91 Å². The average Bonchev–Trinajstić information content (AvgIpc) is 2.49. The molecule has 1 heterocycles. The Labute approximate surface area is 143 Å². The summed E-state index contributed by atoms with van der Waals surface area (Å²) >= 11 is 17.7. The number of carbonyl (C=O) groups is 1. The van der Waals surface area contributed by atoms with E-state index in [1.807, 2.05) is 18.2 Å². The van der Waals surface area contributed by atoms with Gasteiger partial charge in [0.1, 0.15) is 5.75 Å².